The van der Waals surface area contributed by atoms with Crippen molar-refractivity contribution in [3.05, 3.63) is 101 Å². The van der Waals surface area contributed by atoms with Crippen molar-refractivity contribution in [2.24, 2.45) is 17.8 Å². The van der Waals surface area contributed by atoms with Crippen molar-refractivity contribution < 1.29 is 33.3 Å². The molecule has 1 N–H and O–H groups in total. The van der Waals surface area contributed by atoms with Crippen molar-refractivity contribution in [3.63, 3.8) is 0 Å². The van der Waals surface area contributed by atoms with Crippen molar-refractivity contribution in [3.8, 4) is 0 Å². The Morgan fingerprint density at radius 3 is 2.32 bits per heavy atom. The number of esters is 2. The minimum Gasteiger partial charge on any atom is -0.462 e. The molecule has 3 rings (SSSR count). The lowest BCUT2D eigenvalue weighted by atomic mass is 9.82. The number of unbranched alkanes of at least 4 members (excludes halogenated alkanes) is 2. The number of aliphatic hydroxyl groups is 1. The van der Waals surface area contributed by atoms with Crippen LogP contribution in [0.15, 0.2) is 90.3 Å². The van der Waals surface area contributed by atoms with Gasteiger partial charge in [0.25, 0.3) is 0 Å². The molecule has 44 heavy (non-hydrogen) atoms. The monoisotopic (exact) mass is 606 g/mol. The Morgan fingerprint density at radius 2 is 1.73 bits per heavy atom. The van der Waals surface area contributed by atoms with Gasteiger partial charge in [-0.3, -0.25) is 0 Å². The van der Waals surface area contributed by atoms with Crippen molar-refractivity contribution in [2.75, 3.05) is 33.5 Å². The van der Waals surface area contributed by atoms with E-state index < -0.39 is 18.5 Å². The van der Waals surface area contributed by atoms with Gasteiger partial charge in [0.15, 0.2) is 0 Å². The maximum Gasteiger partial charge on any atom is 0.335 e. The summed E-state index contributed by atoms with van der Waals surface area (Å²) in [6.07, 6.45) is 17.8. The topological polar surface area (TPSA) is 82.1 Å². The lowest BCUT2D eigenvalue weighted by Crippen LogP contribution is -2.23. The van der Waals surface area contributed by atoms with Gasteiger partial charge in [0.05, 0.1) is 37.6 Å². The second-order valence-electron chi connectivity index (χ2n) is 11.6. The van der Waals surface area contributed by atoms with Crippen molar-refractivity contribution >= 4 is 17.5 Å². The van der Waals surface area contributed by atoms with E-state index in [2.05, 4.69) is 50.4 Å². The second kappa shape index (κ2) is 18.3. The van der Waals surface area contributed by atoms with Gasteiger partial charge in [-0.25, -0.2) is 14.0 Å². The van der Waals surface area contributed by atoms with E-state index in [1.807, 2.05) is 18.2 Å². The van der Waals surface area contributed by atoms with E-state index in [0.717, 1.165) is 36.8 Å². The summed E-state index contributed by atoms with van der Waals surface area (Å²) in [6, 6.07) is 8.28. The first-order valence-corrected chi connectivity index (χ1v) is 15.6. The first kappa shape index (κ1) is 34.9. The fourth-order valence-electron chi connectivity index (χ4n) is 5.32. The smallest absolute Gasteiger partial charge is 0.335 e. The van der Waals surface area contributed by atoms with Gasteiger partial charge in [-0.2, -0.15) is 0 Å². The third-order valence-electron chi connectivity index (χ3n) is 8.09. The lowest BCUT2D eigenvalue weighted by molar-refractivity contribution is -0.144. The number of carbonyl (C=O) groups is 2. The minimum atomic E-state index is -0.679. The third-order valence-corrected chi connectivity index (χ3v) is 8.09. The van der Waals surface area contributed by atoms with Crippen LogP contribution < -0.4 is 0 Å². The van der Waals surface area contributed by atoms with Crippen LogP contribution in [0.2, 0.25) is 0 Å². The fraction of sp³-hybridized carbons (Fsp3) is 0.459. The molecule has 0 aromatic heterocycles. The summed E-state index contributed by atoms with van der Waals surface area (Å²) in [6.45, 7) is 9.02. The van der Waals surface area contributed by atoms with Crippen LogP contribution in [-0.2, 0) is 30.2 Å². The predicted octanol–water partition coefficient (Wildman–Crippen LogP) is 7.41. The van der Waals surface area contributed by atoms with Crippen LogP contribution in [-0.4, -0.2) is 50.6 Å². The molecule has 0 saturated heterocycles. The number of halogens is 1. The van der Waals surface area contributed by atoms with E-state index in [1.165, 1.54) is 31.9 Å². The molecule has 2 aliphatic carbocycles. The molecule has 3 atom stereocenters. The molecule has 0 saturated carbocycles. The van der Waals surface area contributed by atoms with Gasteiger partial charge in [0.1, 0.15) is 5.83 Å². The van der Waals surface area contributed by atoms with Crippen LogP contribution in [0.4, 0.5) is 4.39 Å². The molecule has 0 radical (unpaired) electrons. The predicted molar refractivity (Wildman–Crippen MR) is 172 cm³/mol. The zero-order chi connectivity index (χ0) is 31.9. The van der Waals surface area contributed by atoms with Gasteiger partial charge < -0.3 is 19.3 Å². The van der Waals surface area contributed by atoms with Crippen LogP contribution in [0, 0.1) is 17.8 Å². The average molecular weight is 607 g/mol. The summed E-state index contributed by atoms with van der Waals surface area (Å²) < 4.78 is 30.9. The number of allylic oxidation sites excluding steroid dienone is 8. The molecule has 2 aliphatic rings. The molecule has 7 heteroatoms. The van der Waals surface area contributed by atoms with Gasteiger partial charge in [-0.05, 0) is 67.2 Å². The highest BCUT2D eigenvalue weighted by Gasteiger charge is 2.23. The third kappa shape index (κ3) is 10.9. The van der Waals surface area contributed by atoms with Crippen LogP contribution in [0.5, 0.6) is 0 Å². The first-order valence-electron chi connectivity index (χ1n) is 15.6. The largest absolute Gasteiger partial charge is 0.462 e. The van der Waals surface area contributed by atoms with E-state index in [0.29, 0.717) is 12.0 Å². The Balaban J connectivity index is 1.52. The second-order valence-corrected chi connectivity index (χ2v) is 11.6. The SMILES string of the molecule is C=C(CO)C(=O)OCC(CCC1C=CC(C2C=C(F)C(c3ccc(CCCCC)cc3)=CC2)=CC1)COC(=O)C(=C)COC. The number of hydrogen-bond donors (Lipinski definition) is 1. The quantitative estimate of drug-likeness (QED) is 0.106. The van der Waals surface area contributed by atoms with E-state index in [4.69, 9.17) is 19.3 Å². The summed E-state index contributed by atoms with van der Waals surface area (Å²) in [7, 11) is 1.47. The van der Waals surface area contributed by atoms with Crippen LogP contribution in [0.3, 0.4) is 0 Å². The number of methoxy groups -OCH3 is 1. The average Bonchev–Trinajstić information content (AvgIpc) is 3.04. The summed E-state index contributed by atoms with van der Waals surface area (Å²) in [5.74, 6) is -1.41. The molecule has 238 valence electrons. The molecular weight excluding hydrogens is 559 g/mol. The standard InChI is InChI=1S/C37H47FO6/c1-5-6-7-8-28-13-17-32(18-14-28)34-20-19-33(21-35(34)38)31-15-11-29(12-16-31)9-10-30(24-43-36(40)26(2)22-39)25-44-37(41)27(3)23-42-4/h11,13-18,20-21,29-30,33,39H,2-3,5-10,12,19,22-25H2,1,4H3. The van der Waals surface area contributed by atoms with Crippen LogP contribution in [0.25, 0.3) is 5.57 Å². The van der Waals surface area contributed by atoms with Crippen molar-refractivity contribution in [2.45, 2.75) is 58.3 Å². The molecule has 0 heterocycles. The van der Waals surface area contributed by atoms with E-state index in [-0.39, 0.29) is 54.5 Å². The molecule has 0 spiro atoms. The molecule has 1 aromatic carbocycles. The van der Waals surface area contributed by atoms with Gasteiger partial charge in [-0.1, -0.05) is 81.5 Å². The first-order chi connectivity index (χ1) is 21.2. The summed E-state index contributed by atoms with van der Waals surface area (Å²) >= 11 is 0. The van der Waals surface area contributed by atoms with Crippen molar-refractivity contribution in [1.82, 2.24) is 0 Å². The minimum absolute atomic E-state index is 0.00402. The molecular formula is C37H47FO6. The number of carbonyl (C=O) groups excluding carboxylic acids is 2. The molecule has 1 aromatic rings. The highest BCUT2D eigenvalue weighted by molar-refractivity contribution is 5.88. The number of hydrogen-bond acceptors (Lipinski definition) is 6. The molecule has 0 fully saturated rings. The van der Waals surface area contributed by atoms with Crippen molar-refractivity contribution in [1.29, 1.82) is 0 Å². The van der Waals surface area contributed by atoms with Gasteiger partial charge in [-0.15, -0.1) is 0 Å². The number of ether oxygens (including phenoxy) is 3. The summed E-state index contributed by atoms with van der Waals surface area (Å²) in [4.78, 5) is 24.2. The summed E-state index contributed by atoms with van der Waals surface area (Å²) in [5, 5.41) is 9.13. The van der Waals surface area contributed by atoms with Gasteiger partial charge >= 0.3 is 11.9 Å². The van der Waals surface area contributed by atoms with E-state index in [1.54, 1.807) is 6.08 Å². The number of rotatable bonds is 18. The number of aryl methyl sites for hydroxylation is 1. The van der Waals surface area contributed by atoms with E-state index >= 15 is 4.39 Å². The Hall–Kier alpha value is -3.55. The van der Waals surface area contributed by atoms with Gasteiger partial charge in [0.2, 0.25) is 0 Å². The fourth-order valence-corrected chi connectivity index (χ4v) is 5.32. The normalized spacial score (nSPS) is 18.5. The lowest BCUT2D eigenvalue weighted by Gasteiger charge is -2.24. The van der Waals surface area contributed by atoms with E-state index in [9.17, 15) is 9.59 Å². The summed E-state index contributed by atoms with van der Waals surface area (Å²) in [5.41, 5.74) is 4.15. The Labute approximate surface area is 261 Å². The maximum atomic E-state index is 15.2. The zero-order valence-corrected chi connectivity index (χ0v) is 26.2. The molecule has 6 nitrogen and oxygen atoms in total. The molecule has 0 aliphatic heterocycles. The molecule has 3 unspecified atom stereocenters. The highest BCUT2D eigenvalue weighted by Crippen LogP contribution is 2.36. The number of benzene rings is 1. The van der Waals surface area contributed by atoms with Gasteiger partial charge in [0, 0.05) is 24.5 Å². The van der Waals surface area contributed by atoms with Crippen LogP contribution >= 0.6 is 0 Å². The Morgan fingerprint density at radius 1 is 1.02 bits per heavy atom. The number of aliphatic hydroxyl groups excluding tert-OH is 1. The molecule has 0 amide bonds. The highest BCUT2D eigenvalue weighted by atomic mass is 19.1. The zero-order valence-electron chi connectivity index (χ0n) is 26.2. The maximum absolute atomic E-state index is 15.2. The Kier molecular flexibility index (Phi) is 14.5. The van der Waals surface area contributed by atoms with Crippen LogP contribution in [0.1, 0.15) is 63.0 Å². The Bertz CT molecular complexity index is 1270. The molecule has 0 bridgehead atoms.